The molecule has 0 aromatic heterocycles. The van der Waals surface area contributed by atoms with Crippen molar-refractivity contribution in [2.45, 2.75) is 83.8 Å². The Kier molecular flexibility index (Phi) is 10.7. The molecule has 0 heterocycles. The smallest absolute Gasteiger partial charge is 0.243 e. The van der Waals surface area contributed by atoms with Gasteiger partial charge in [-0.2, -0.15) is 0 Å². The van der Waals surface area contributed by atoms with Crippen LogP contribution in [0.4, 0.5) is 10.1 Å². The molecule has 0 unspecified atom stereocenters. The monoisotopic (exact) mass is 545 g/mol. The molecule has 2 aromatic rings. The predicted octanol–water partition coefficient (Wildman–Crippen LogP) is 4.94. The lowest BCUT2D eigenvalue weighted by Crippen LogP contribution is -2.51. The van der Waals surface area contributed by atoms with Crippen LogP contribution in [0.1, 0.15) is 69.4 Å². The Balaban J connectivity index is 1.75. The van der Waals surface area contributed by atoms with Gasteiger partial charge in [-0.3, -0.25) is 13.9 Å². The van der Waals surface area contributed by atoms with Crippen molar-refractivity contribution < 1.29 is 22.4 Å². The SMILES string of the molecule is CC[C@H](C(=O)NC1CCCCC1)N(Cc1ccc(F)cc1)C(=O)CCCN(c1cccc(C)c1)S(C)(=O)=O. The minimum absolute atomic E-state index is 0.0756. The summed E-state index contributed by atoms with van der Waals surface area (Å²) < 4.78 is 39.8. The van der Waals surface area contributed by atoms with Gasteiger partial charge in [-0.05, 0) is 68.0 Å². The molecule has 0 radical (unpaired) electrons. The van der Waals surface area contributed by atoms with Gasteiger partial charge in [0.25, 0.3) is 0 Å². The fourth-order valence-corrected chi connectivity index (χ4v) is 5.99. The summed E-state index contributed by atoms with van der Waals surface area (Å²) in [5, 5.41) is 3.14. The van der Waals surface area contributed by atoms with Gasteiger partial charge >= 0.3 is 0 Å². The number of anilines is 1. The van der Waals surface area contributed by atoms with Gasteiger partial charge in [0.1, 0.15) is 11.9 Å². The third-order valence-corrected chi connectivity index (χ3v) is 8.24. The summed E-state index contributed by atoms with van der Waals surface area (Å²) in [5.41, 5.74) is 2.22. The molecule has 208 valence electrons. The van der Waals surface area contributed by atoms with E-state index in [0.29, 0.717) is 18.5 Å². The lowest BCUT2D eigenvalue weighted by atomic mass is 9.95. The predicted molar refractivity (Wildman–Crippen MR) is 149 cm³/mol. The second-order valence-electron chi connectivity index (χ2n) is 10.2. The summed E-state index contributed by atoms with van der Waals surface area (Å²) in [6, 6.07) is 12.6. The van der Waals surface area contributed by atoms with Gasteiger partial charge in [0, 0.05) is 25.6 Å². The number of carbonyl (C=O) groups excluding carboxylic acids is 2. The van der Waals surface area contributed by atoms with Crippen LogP contribution in [0.2, 0.25) is 0 Å². The molecule has 1 aliphatic rings. The van der Waals surface area contributed by atoms with E-state index in [-0.39, 0.29) is 43.2 Å². The second-order valence-corrected chi connectivity index (χ2v) is 12.1. The highest BCUT2D eigenvalue weighted by Crippen LogP contribution is 2.22. The molecule has 0 saturated heterocycles. The van der Waals surface area contributed by atoms with E-state index in [1.54, 1.807) is 35.2 Å². The first-order chi connectivity index (χ1) is 18.1. The topological polar surface area (TPSA) is 86.8 Å². The highest BCUT2D eigenvalue weighted by molar-refractivity contribution is 7.92. The number of nitrogens with zero attached hydrogens (tertiary/aromatic N) is 2. The Bertz CT molecular complexity index is 1180. The molecule has 7 nitrogen and oxygen atoms in total. The van der Waals surface area contributed by atoms with Crippen LogP contribution in [0.25, 0.3) is 0 Å². The fourth-order valence-electron chi connectivity index (χ4n) is 5.04. The molecule has 38 heavy (non-hydrogen) atoms. The van der Waals surface area contributed by atoms with E-state index in [9.17, 15) is 22.4 Å². The molecular weight excluding hydrogens is 505 g/mol. The van der Waals surface area contributed by atoms with Crippen molar-refractivity contribution in [3.05, 3.63) is 65.5 Å². The van der Waals surface area contributed by atoms with Crippen molar-refractivity contribution in [2.24, 2.45) is 0 Å². The van der Waals surface area contributed by atoms with Crippen LogP contribution in [0, 0.1) is 12.7 Å². The van der Waals surface area contributed by atoms with Gasteiger partial charge in [0.2, 0.25) is 21.8 Å². The second kappa shape index (κ2) is 13.7. The highest BCUT2D eigenvalue weighted by Gasteiger charge is 2.30. The van der Waals surface area contributed by atoms with Gasteiger partial charge < -0.3 is 10.2 Å². The average molecular weight is 546 g/mol. The Morgan fingerprint density at radius 3 is 2.37 bits per heavy atom. The van der Waals surface area contributed by atoms with Crippen LogP contribution in [0.3, 0.4) is 0 Å². The molecule has 0 bridgehead atoms. The Morgan fingerprint density at radius 2 is 1.76 bits per heavy atom. The Morgan fingerprint density at radius 1 is 1.08 bits per heavy atom. The summed E-state index contributed by atoms with van der Waals surface area (Å²) in [4.78, 5) is 28.4. The zero-order chi connectivity index (χ0) is 27.7. The first kappa shape index (κ1) is 29.6. The maximum absolute atomic E-state index is 13.5. The normalized spacial score (nSPS) is 15.1. The number of halogens is 1. The first-order valence-corrected chi connectivity index (χ1v) is 15.3. The van der Waals surface area contributed by atoms with Crippen molar-refractivity contribution in [1.29, 1.82) is 0 Å². The van der Waals surface area contributed by atoms with Gasteiger partial charge in [-0.25, -0.2) is 12.8 Å². The third-order valence-electron chi connectivity index (χ3n) is 7.05. The number of hydrogen-bond acceptors (Lipinski definition) is 4. The molecular formula is C29H40FN3O4S. The number of benzene rings is 2. The average Bonchev–Trinajstić information content (AvgIpc) is 2.87. The lowest BCUT2D eigenvalue weighted by molar-refractivity contribution is -0.141. The quantitative estimate of drug-likeness (QED) is 0.410. The van der Waals surface area contributed by atoms with E-state index in [2.05, 4.69) is 5.32 Å². The summed E-state index contributed by atoms with van der Waals surface area (Å²) in [5.74, 6) is -0.782. The number of aryl methyl sites for hydroxylation is 1. The number of hydrogen-bond donors (Lipinski definition) is 1. The zero-order valence-corrected chi connectivity index (χ0v) is 23.5. The van der Waals surface area contributed by atoms with E-state index in [4.69, 9.17) is 0 Å². The molecule has 9 heteroatoms. The van der Waals surface area contributed by atoms with Crippen LogP contribution < -0.4 is 9.62 Å². The summed E-state index contributed by atoms with van der Waals surface area (Å²) >= 11 is 0. The van der Waals surface area contributed by atoms with E-state index in [0.717, 1.165) is 43.1 Å². The van der Waals surface area contributed by atoms with Crippen molar-refractivity contribution in [1.82, 2.24) is 10.2 Å². The lowest BCUT2D eigenvalue weighted by Gasteiger charge is -2.33. The molecule has 1 fully saturated rings. The van der Waals surface area contributed by atoms with Gasteiger partial charge in [-0.1, -0.05) is 50.5 Å². The van der Waals surface area contributed by atoms with Crippen molar-refractivity contribution in [2.75, 3.05) is 17.1 Å². The molecule has 1 N–H and O–H groups in total. The molecule has 3 rings (SSSR count). The molecule has 2 aromatic carbocycles. The van der Waals surface area contributed by atoms with Crippen molar-refractivity contribution in [3.63, 3.8) is 0 Å². The maximum Gasteiger partial charge on any atom is 0.243 e. The molecule has 1 atom stereocenters. The zero-order valence-electron chi connectivity index (χ0n) is 22.7. The van der Waals surface area contributed by atoms with E-state index < -0.39 is 16.1 Å². The summed E-state index contributed by atoms with van der Waals surface area (Å²) in [6.07, 6.45) is 7.17. The molecule has 1 saturated carbocycles. The third kappa shape index (κ3) is 8.55. The van der Waals surface area contributed by atoms with Gasteiger partial charge in [0.05, 0.1) is 11.9 Å². The van der Waals surface area contributed by atoms with Crippen molar-refractivity contribution >= 4 is 27.5 Å². The van der Waals surface area contributed by atoms with Crippen LogP contribution in [0.5, 0.6) is 0 Å². The minimum Gasteiger partial charge on any atom is -0.352 e. The first-order valence-electron chi connectivity index (χ1n) is 13.5. The molecule has 2 amide bonds. The minimum atomic E-state index is -3.55. The highest BCUT2D eigenvalue weighted by atomic mass is 32.2. The van der Waals surface area contributed by atoms with Crippen LogP contribution in [-0.2, 0) is 26.2 Å². The van der Waals surface area contributed by atoms with E-state index >= 15 is 0 Å². The number of rotatable bonds is 12. The summed E-state index contributed by atoms with van der Waals surface area (Å²) in [7, 11) is -3.55. The van der Waals surface area contributed by atoms with E-state index in [1.165, 1.54) is 22.9 Å². The number of amides is 2. The number of nitrogens with one attached hydrogen (secondary N) is 1. The molecule has 0 spiro atoms. The van der Waals surface area contributed by atoms with Crippen molar-refractivity contribution in [3.8, 4) is 0 Å². The number of sulfonamides is 1. The fraction of sp³-hybridized carbons (Fsp3) is 0.517. The van der Waals surface area contributed by atoms with Gasteiger partial charge in [0.15, 0.2) is 0 Å². The molecule has 0 aliphatic heterocycles. The van der Waals surface area contributed by atoms with Crippen LogP contribution in [0.15, 0.2) is 48.5 Å². The summed E-state index contributed by atoms with van der Waals surface area (Å²) in [6.45, 7) is 4.08. The standard InChI is InChI=1S/C29H40FN3O4S/c1-4-27(29(35)31-25-11-6-5-7-12-25)32(21-23-15-17-24(30)18-16-23)28(34)14-9-19-33(38(3,36)37)26-13-8-10-22(2)20-26/h8,10,13,15-18,20,25,27H,4-7,9,11-12,14,19,21H2,1-3H3,(H,31,35)/t27-/m1/s1. The number of carbonyl (C=O) groups is 2. The molecule has 1 aliphatic carbocycles. The largest absolute Gasteiger partial charge is 0.352 e. The van der Waals surface area contributed by atoms with Gasteiger partial charge in [-0.15, -0.1) is 0 Å². The van der Waals surface area contributed by atoms with Crippen LogP contribution in [-0.4, -0.2) is 50.0 Å². The van der Waals surface area contributed by atoms with E-state index in [1.807, 2.05) is 19.9 Å². The maximum atomic E-state index is 13.5. The van der Waals surface area contributed by atoms with Crippen LogP contribution >= 0.6 is 0 Å². The Hall–Kier alpha value is -2.94. The Labute approximate surface area is 226 Å².